The van der Waals surface area contributed by atoms with Gasteiger partial charge in [-0.3, -0.25) is 4.68 Å². The fraction of sp³-hybridized carbons (Fsp3) is 0.118. The maximum Gasteiger partial charge on any atom is 0.323 e. The van der Waals surface area contributed by atoms with Crippen LogP contribution in [0.4, 0.5) is 16.2 Å². The van der Waals surface area contributed by atoms with Crippen molar-refractivity contribution >= 4 is 44.9 Å². The first kappa shape index (κ1) is 18.2. The van der Waals surface area contributed by atoms with E-state index in [0.29, 0.717) is 27.8 Å². The number of anilines is 2. The Labute approximate surface area is 163 Å². The number of urea groups is 1. The minimum atomic E-state index is -0.394. The summed E-state index contributed by atoms with van der Waals surface area (Å²) >= 11 is 9.30. The number of hydrogen-bond acceptors (Lipinski definition) is 4. The van der Waals surface area contributed by atoms with Crippen LogP contribution >= 0.6 is 27.5 Å². The summed E-state index contributed by atoms with van der Waals surface area (Å²) in [6.07, 6.45) is 3.20. The van der Waals surface area contributed by atoms with Crippen LogP contribution in [0.15, 0.2) is 47.2 Å². The molecule has 0 spiro atoms. The summed E-state index contributed by atoms with van der Waals surface area (Å²) in [6.45, 7) is 0. The second-order valence-corrected chi connectivity index (χ2v) is 6.62. The van der Waals surface area contributed by atoms with E-state index in [-0.39, 0.29) is 0 Å². The van der Waals surface area contributed by atoms with Gasteiger partial charge in [0.25, 0.3) is 0 Å². The van der Waals surface area contributed by atoms with E-state index in [4.69, 9.17) is 16.3 Å². The average Bonchev–Trinajstić information content (AvgIpc) is 2.95. The van der Waals surface area contributed by atoms with Crippen LogP contribution in [0.1, 0.15) is 0 Å². The van der Waals surface area contributed by atoms with Crippen molar-refractivity contribution < 1.29 is 9.53 Å². The predicted molar refractivity (Wildman–Crippen MR) is 105 cm³/mol. The van der Waals surface area contributed by atoms with Crippen molar-refractivity contribution in [3.05, 3.63) is 52.2 Å². The maximum atomic E-state index is 12.2. The number of rotatable bonds is 4. The number of carbonyl (C=O) groups is 1. The predicted octanol–water partition coefficient (Wildman–Crippen LogP) is 4.55. The number of carbonyl (C=O) groups excluding carboxylic acids is 1. The number of aryl methyl sites for hydroxylation is 1. The highest BCUT2D eigenvalue weighted by atomic mass is 79.9. The van der Waals surface area contributed by atoms with E-state index < -0.39 is 6.03 Å². The monoisotopic (exact) mass is 435 g/mol. The second-order valence-electron chi connectivity index (χ2n) is 5.33. The standard InChI is InChI=1S/C17H15BrClN5O2/c1-24-15(14(18)9-21-24)13-7-12(8-20-16(13)26-2)23-17(25)22-11-5-3-10(19)4-6-11/h3-9H,1-2H3,(H2,22,23,25). The molecule has 2 amide bonds. The van der Waals surface area contributed by atoms with Crippen molar-refractivity contribution in [2.75, 3.05) is 17.7 Å². The van der Waals surface area contributed by atoms with Crippen molar-refractivity contribution in [1.29, 1.82) is 0 Å². The van der Waals surface area contributed by atoms with Gasteiger partial charge in [-0.05, 0) is 46.3 Å². The third kappa shape index (κ3) is 3.97. The van der Waals surface area contributed by atoms with Crippen molar-refractivity contribution in [3.8, 4) is 17.1 Å². The van der Waals surface area contributed by atoms with Gasteiger partial charge in [-0.25, -0.2) is 9.78 Å². The molecule has 134 valence electrons. The van der Waals surface area contributed by atoms with E-state index in [1.165, 1.54) is 13.3 Å². The molecule has 0 aliphatic rings. The molecule has 9 heteroatoms. The number of benzene rings is 1. The molecular formula is C17H15BrClN5O2. The lowest BCUT2D eigenvalue weighted by Crippen LogP contribution is -2.19. The van der Waals surface area contributed by atoms with Crippen LogP contribution in [0.5, 0.6) is 5.88 Å². The summed E-state index contributed by atoms with van der Waals surface area (Å²) in [7, 11) is 3.35. The Hall–Kier alpha value is -2.58. The minimum absolute atomic E-state index is 0.394. The highest BCUT2D eigenvalue weighted by Crippen LogP contribution is 2.34. The molecule has 0 saturated heterocycles. The molecule has 0 aliphatic heterocycles. The van der Waals surface area contributed by atoms with Crippen LogP contribution in [0, 0.1) is 0 Å². The Morgan fingerprint density at radius 2 is 1.88 bits per heavy atom. The van der Waals surface area contributed by atoms with E-state index in [1.807, 2.05) is 7.05 Å². The highest BCUT2D eigenvalue weighted by molar-refractivity contribution is 9.10. The van der Waals surface area contributed by atoms with E-state index in [0.717, 1.165) is 10.2 Å². The Morgan fingerprint density at radius 3 is 2.50 bits per heavy atom. The van der Waals surface area contributed by atoms with E-state index in [9.17, 15) is 4.79 Å². The topological polar surface area (TPSA) is 81.1 Å². The zero-order valence-corrected chi connectivity index (χ0v) is 16.3. The van der Waals surface area contributed by atoms with Crippen LogP contribution in [0.2, 0.25) is 5.02 Å². The minimum Gasteiger partial charge on any atom is -0.481 e. The number of nitrogens with zero attached hydrogens (tertiary/aromatic N) is 3. The quantitative estimate of drug-likeness (QED) is 0.629. The van der Waals surface area contributed by atoms with Gasteiger partial charge < -0.3 is 15.4 Å². The van der Waals surface area contributed by atoms with Crippen LogP contribution in [-0.2, 0) is 7.05 Å². The molecule has 2 N–H and O–H groups in total. The van der Waals surface area contributed by atoms with Crippen LogP contribution in [0.25, 0.3) is 11.3 Å². The second kappa shape index (κ2) is 7.76. The molecule has 2 heterocycles. The molecule has 0 bridgehead atoms. The van der Waals surface area contributed by atoms with E-state index in [1.54, 1.807) is 41.2 Å². The van der Waals surface area contributed by atoms with Crippen molar-refractivity contribution in [2.24, 2.45) is 7.05 Å². The summed E-state index contributed by atoms with van der Waals surface area (Å²) in [4.78, 5) is 16.5. The number of nitrogens with one attached hydrogen (secondary N) is 2. The number of hydrogen-bond donors (Lipinski definition) is 2. The molecule has 0 atom stereocenters. The lowest BCUT2D eigenvalue weighted by molar-refractivity contribution is 0.262. The fourth-order valence-corrected chi connectivity index (χ4v) is 3.08. The lowest BCUT2D eigenvalue weighted by Gasteiger charge is -2.12. The van der Waals surface area contributed by atoms with E-state index in [2.05, 4.69) is 36.6 Å². The Balaban J connectivity index is 1.83. The maximum absolute atomic E-state index is 12.2. The van der Waals surface area contributed by atoms with Crippen molar-refractivity contribution in [3.63, 3.8) is 0 Å². The third-order valence-corrected chi connectivity index (χ3v) is 4.39. The summed E-state index contributed by atoms with van der Waals surface area (Å²) in [5.74, 6) is 0.429. The molecule has 26 heavy (non-hydrogen) atoms. The number of halogens is 2. The summed E-state index contributed by atoms with van der Waals surface area (Å²) < 4.78 is 7.82. The zero-order valence-electron chi connectivity index (χ0n) is 14.0. The number of aromatic nitrogens is 3. The molecule has 0 aliphatic carbocycles. The fourth-order valence-electron chi connectivity index (χ4n) is 2.39. The van der Waals surface area contributed by atoms with Gasteiger partial charge in [0, 0.05) is 17.8 Å². The number of ether oxygens (including phenoxy) is 1. The summed E-state index contributed by atoms with van der Waals surface area (Å²) in [5, 5.41) is 10.3. The molecular weight excluding hydrogens is 422 g/mol. The Bertz CT molecular complexity index is 923. The third-order valence-electron chi connectivity index (χ3n) is 3.55. The summed E-state index contributed by atoms with van der Waals surface area (Å²) in [6, 6.07) is 8.21. The molecule has 0 fully saturated rings. The molecule has 0 unspecified atom stereocenters. The van der Waals surface area contributed by atoms with Gasteiger partial charge in [-0.1, -0.05) is 11.6 Å². The SMILES string of the molecule is COc1ncc(NC(=O)Nc2ccc(Cl)cc2)cc1-c1c(Br)cnn1C. The molecule has 7 nitrogen and oxygen atoms in total. The van der Waals surface area contributed by atoms with Gasteiger partial charge in [-0.2, -0.15) is 5.10 Å². The molecule has 1 aromatic carbocycles. The van der Waals surface area contributed by atoms with Gasteiger partial charge in [0.2, 0.25) is 5.88 Å². The Morgan fingerprint density at radius 1 is 1.19 bits per heavy atom. The van der Waals surface area contributed by atoms with E-state index >= 15 is 0 Å². The normalized spacial score (nSPS) is 10.5. The number of methoxy groups -OCH3 is 1. The lowest BCUT2D eigenvalue weighted by atomic mass is 10.2. The summed E-state index contributed by atoms with van der Waals surface area (Å²) in [5.41, 5.74) is 2.63. The first-order valence-corrected chi connectivity index (χ1v) is 8.70. The van der Waals surface area contributed by atoms with Crippen LogP contribution < -0.4 is 15.4 Å². The zero-order chi connectivity index (χ0) is 18.7. The molecule has 3 aromatic rings. The Kier molecular flexibility index (Phi) is 5.43. The van der Waals surface area contributed by atoms with Gasteiger partial charge >= 0.3 is 6.03 Å². The van der Waals surface area contributed by atoms with Gasteiger partial charge in [0.1, 0.15) is 0 Å². The molecule has 3 rings (SSSR count). The van der Waals surface area contributed by atoms with Crippen LogP contribution in [-0.4, -0.2) is 27.9 Å². The highest BCUT2D eigenvalue weighted by Gasteiger charge is 2.16. The van der Waals surface area contributed by atoms with Gasteiger partial charge in [0.15, 0.2) is 0 Å². The molecule has 0 radical (unpaired) electrons. The van der Waals surface area contributed by atoms with Gasteiger partial charge in [0.05, 0.1) is 40.9 Å². The first-order chi connectivity index (χ1) is 12.5. The van der Waals surface area contributed by atoms with Crippen LogP contribution in [0.3, 0.4) is 0 Å². The number of pyridine rings is 1. The molecule has 2 aromatic heterocycles. The van der Waals surface area contributed by atoms with Crippen molar-refractivity contribution in [1.82, 2.24) is 14.8 Å². The van der Waals surface area contributed by atoms with Crippen molar-refractivity contribution in [2.45, 2.75) is 0 Å². The smallest absolute Gasteiger partial charge is 0.323 e. The van der Waals surface area contributed by atoms with Gasteiger partial charge in [-0.15, -0.1) is 0 Å². The average molecular weight is 437 g/mol. The largest absolute Gasteiger partial charge is 0.481 e. The first-order valence-electron chi connectivity index (χ1n) is 7.53. The molecule has 0 saturated carbocycles. The number of amides is 2.